The topological polar surface area (TPSA) is 81.9 Å². The molecule has 5 rings (SSSR count). The number of hydrogen-bond acceptors (Lipinski definition) is 7. The lowest BCUT2D eigenvalue weighted by Crippen LogP contribution is -2.57. The van der Waals surface area contributed by atoms with Crippen LogP contribution in [0.5, 0.6) is 0 Å². The maximum absolute atomic E-state index is 13.1. The minimum absolute atomic E-state index is 0.0215. The predicted octanol–water partition coefficient (Wildman–Crippen LogP) is 2.41. The number of carbonyl (C=O) groups excluding carboxylic acids is 1. The number of fused-ring (bicyclic) bond motifs is 1. The molecule has 2 saturated heterocycles. The first kappa shape index (κ1) is 22.9. The van der Waals surface area contributed by atoms with E-state index in [1.165, 1.54) is 0 Å². The third kappa shape index (κ3) is 4.30. The molecule has 3 aromatic heterocycles. The van der Waals surface area contributed by atoms with Crippen molar-refractivity contribution in [3.8, 4) is 0 Å². The number of anilines is 2. The number of carbonyl (C=O) groups is 1. The van der Waals surface area contributed by atoms with Crippen LogP contribution in [-0.4, -0.2) is 76.0 Å². The van der Waals surface area contributed by atoms with Crippen molar-refractivity contribution in [2.24, 2.45) is 5.92 Å². The number of imidazole rings is 1. The molecule has 0 spiro atoms. The van der Waals surface area contributed by atoms with Gasteiger partial charge in [-0.1, -0.05) is 24.6 Å². The molecular weight excluding hydrogens is 452 g/mol. The minimum atomic E-state index is -0.557. The molecule has 0 aromatic carbocycles. The Morgan fingerprint density at radius 2 is 1.88 bits per heavy atom. The average Bonchev–Trinajstić information content (AvgIpc) is 3.24. The number of piperazine rings is 1. The van der Waals surface area contributed by atoms with Gasteiger partial charge in [0, 0.05) is 45.5 Å². The van der Waals surface area contributed by atoms with Gasteiger partial charge in [-0.2, -0.15) is 4.98 Å². The summed E-state index contributed by atoms with van der Waals surface area (Å²) in [7, 11) is 0. The summed E-state index contributed by atoms with van der Waals surface area (Å²) in [5, 5.41) is 3.72. The molecule has 2 fully saturated rings. The summed E-state index contributed by atoms with van der Waals surface area (Å²) in [6.07, 6.45) is 5.46. The van der Waals surface area contributed by atoms with Gasteiger partial charge >= 0.3 is 0 Å². The number of halogens is 1. The lowest BCUT2D eigenvalue weighted by atomic mass is 9.95. The Hall–Kier alpha value is -2.91. The van der Waals surface area contributed by atoms with E-state index in [1.807, 2.05) is 48.8 Å². The Labute approximate surface area is 204 Å². The molecule has 1 N–H and O–H groups in total. The van der Waals surface area contributed by atoms with E-state index < -0.39 is 5.54 Å². The number of nitrogens with zero attached hydrogens (tertiary/aromatic N) is 7. The first-order chi connectivity index (χ1) is 16.4. The zero-order valence-electron chi connectivity index (χ0n) is 19.9. The van der Waals surface area contributed by atoms with Gasteiger partial charge in [0.15, 0.2) is 5.82 Å². The minimum Gasteiger partial charge on any atom is -0.353 e. The molecule has 1 amide bonds. The number of amides is 1. The molecule has 10 heteroatoms. The molecule has 2 aliphatic rings. The predicted molar refractivity (Wildman–Crippen MR) is 133 cm³/mol. The SMILES string of the molecule is CCN1CCN(c2ncc(Cl)c(N3CC(C(=O)NC(C)(C)c4cnc5ccccn45)C3)n2)CC1. The molecule has 9 nitrogen and oxygen atoms in total. The zero-order chi connectivity index (χ0) is 23.9. The van der Waals surface area contributed by atoms with Crippen LogP contribution >= 0.6 is 11.6 Å². The van der Waals surface area contributed by atoms with E-state index in [0.29, 0.717) is 29.9 Å². The molecule has 180 valence electrons. The highest BCUT2D eigenvalue weighted by atomic mass is 35.5. The lowest BCUT2D eigenvalue weighted by Gasteiger charge is -2.41. The van der Waals surface area contributed by atoms with Crippen LogP contribution in [0.15, 0.2) is 36.8 Å². The third-order valence-corrected chi connectivity index (χ3v) is 7.13. The van der Waals surface area contributed by atoms with Crippen LogP contribution in [0, 0.1) is 5.92 Å². The Morgan fingerprint density at radius 1 is 1.12 bits per heavy atom. The van der Waals surface area contributed by atoms with Crippen molar-refractivity contribution in [2.45, 2.75) is 26.3 Å². The molecule has 34 heavy (non-hydrogen) atoms. The molecule has 5 heterocycles. The third-order valence-electron chi connectivity index (χ3n) is 6.86. The van der Waals surface area contributed by atoms with Gasteiger partial charge in [0.25, 0.3) is 0 Å². The first-order valence-electron chi connectivity index (χ1n) is 11.8. The van der Waals surface area contributed by atoms with E-state index in [0.717, 1.165) is 44.1 Å². The van der Waals surface area contributed by atoms with Gasteiger partial charge in [0.05, 0.1) is 29.5 Å². The second-order valence-electron chi connectivity index (χ2n) is 9.55. The second kappa shape index (κ2) is 9.03. The fourth-order valence-corrected chi connectivity index (χ4v) is 4.88. The fraction of sp³-hybridized carbons (Fsp3) is 0.500. The normalized spacial score (nSPS) is 17.8. The van der Waals surface area contributed by atoms with Crippen molar-refractivity contribution in [1.82, 2.24) is 29.6 Å². The summed E-state index contributed by atoms with van der Waals surface area (Å²) in [5.74, 6) is 1.31. The quantitative estimate of drug-likeness (QED) is 0.577. The van der Waals surface area contributed by atoms with Gasteiger partial charge in [0.2, 0.25) is 11.9 Å². The molecule has 0 saturated carbocycles. The summed E-state index contributed by atoms with van der Waals surface area (Å²) in [6, 6.07) is 5.87. The van der Waals surface area contributed by atoms with Crippen LogP contribution < -0.4 is 15.1 Å². The van der Waals surface area contributed by atoms with Crippen LogP contribution in [0.25, 0.3) is 5.65 Å². The number of likely N-dealkylation sites (N-methyl/N-ethyl adjacent to an activating group) is 1. The smallest absolute Gasteiger partial charge is 0.227 e. The summed E-state index contributed by atoms with van der Waals surface area (Å²) in [4.78, 5) is 33.4. The van der Waals surface area contributed by atoms with E-state index in [-0.39, 0.29) is 11.8 Å². The highest BCUT2D eigenvalue weighted by molar-refractivity contribution is 6.32. The highest BCUT2D eigenvalue weighted by Crippen LogP contribution is 2.31. The van der Waals surface area contributed by atoms with E-state index in [2.05, 4.69) is 36.9 Å². The number of pyridine rings is 1. The number of rotatable bonds is 6. The number of aromatic nitrogens is 4. The summed E-state index contributed by atoms with van der Waals surface area (Å²) >= 11 is 6.44. The van der Waals surface area contributed by atoms with Crippen molar-refractivity contribution < 1.29 is 4.79 Å². The molecule has 0 aliphatic carbocycles. The van der Waals surface area contributed by atoms with Crippen LogP contribution in [-0.2, 0) is 10.3 Å². The second-order valence-corrected chi connectivity index (χ2v) is 9.96. The molecule has 0 unspecified atom stereocenters. The Kier molecular flexibility index (Phi) is 6.07. The van der Waals surface area contributed by atoms with Gasteiger partial charge in [-0.15, -0.1) is 0 Å². The Morgan fingerprint density at radius 3 is 2.62 bits per heavy atom. The van der Waals surface area contributed by atoms with Gasteiger partial charge in [0.1, 0.15) is 10.7 Å². The average molecular weight is 483 g/mol. The van der Waals surface area contributed by atoms with Gasteiger partial charge in [-0.25, -0.2) is 9.97 Å². The van der Waals surface area contributed by atoms with Crippen LogP contribution in [0.3, 0.4) is 0 Å². The highest BCUT2D eigenvalue weighted by Gasteiger charge is 2.38. The van der Waals surface area contributed by atoms with Crippen LogP contribution in [0.1, 0.15) is 26.5 Å². The molecular formula is C24H31ClN8O. The molecule has 0 radical (unpaired) electrons. The van der Waals surface area contributed by atoms with Crippen molar-refractivity contribution in [1.29, 1.82) is 0 Å². The van der Waals surface area contributed by atoms with Gasteiger partial charge in [-0.3, -0.25) is 4.79 Å². The van der Waals surface area contributed by atoms with Crippen molar-refractivity contribution >= 4 is 34.9 Å². The Bertz CT molecular complexity index is 1180. The largest absolute Gasteiger partial charge is 0.353 e. The van der Waals surface area contributed by atoms with E-state index in [9.17, 15) is 4.79 Å². The molecule has 2 aliphatic heterocycles. The van der Waals surface area contributed by atoms with Crippen molar-refractivity contribution in [3.05, 3.63) is 47.5 Å². The Balaban J connectivity index is 1.22. The lowest BCUT2D eigenvalue weighted by molar-refractivity contribution is -0.127. The van der Waals surface area contributed by atoms with Crippen molar-refractivity contribution in [3.63, 3.8) is 0 Å². The first-order valence-corrected chi connectivity index (χ1v) is 12.2. The number of nitrogens with one attached hydrogen (secondary N) is 1. The summed E-state index contributed by atoms with van der Waals surface area (Å²) in [5.41, 5.74) is 1.25. The van der Waals surface area contributed by atoms with Gasteiger partial charge in [-0.05, 0) is 32.5 Å². The van der Waals surface area contributed by atoms with Crippen LogP contribution in [0.4, 0.5) is 11.8 Å². The molecule has 0 bridgehead atoms. The monoisotopic (exact) mass is 482 g/mol. The summed E-state index contributed by atoms with van der Waals surface area (Å²) in [6.45, 7) is 12.2. The van der Waals surface area contributed by atoms with Crippen molar-refractivity contribution in [2.75, 3.05) is 55.6 Å². The fourth-order valence-electron chi connectivity index (χ4n) is 4.67. The molecule has 0 atom stereocenters. The van der Waals surface area contributed by atoms with E-state index in [1.54, 1.807) is 6.20 Å². The van der Waals surface area contributed by atoms with Gasteiger partial charge < -0.3 is 24.4 Å². The zero-order valence-corrected chi connectivity index (χ0v) is 20.7. The van der Waals surface area contributed by atoms with E-state index in [4.69, 9.17) is 16.6 Å². The van der Waals surface area contributed by atoms with E-state index >= 15 is 0 Å². The maximum Gasteiger partial charge on any atom is 0.227 e. The maximum atomic E-state index is 13.1. The number of hydrogen-bond donors (Lipinski definition) is 1. The van der Waals surface area contributed by atoms with Crippen LogP contribution in [0.2, 0.25) is 5.02 Å². The summed E-state index contributed by atoms with van der Waals surface area (Å²) < 4.78 is 2.01. The standard InChI is InChI=1S/C24H31ClN8O/c1-4-30-9-11-31(12-10-30)23-27-13-18(25)21(28-23)32-15-17(16-32)22(34)29-24(2,3)19-14-26-20-7-5-6-8-33(19)20/h5-8,13-14,17H,4,9-12,15-16H2,1-3H3,(H,29,34). The molecule has 3 aromatic rings.